The van der Waals surface area contributed by atoms with Crippen LogP contribution < -0.4 is 5.73 Å². The molecule has 0 aliphatic rings. The number of carbonyl (C=O) groups excluding carboxylic acids is 1. The molecule has 88 valence electrons. The Kier molecular flexibility index (Phi) is 8.01. The first-order valence-electron chi connectivity index (χ1n) is 5.59. The molecule has 0 heterocycles. The summed E-state index contributed by atoms with van der Waals surface area (Å²) in [5.74, 6) is 0.301. The predicted molar refractivity (Wildman–Crippen MR) is 62.5 cm³/mol. The number of primary amides is 1. The van der Waals surface area contributed by atoms with Crippen LogP contribution in [0.25, 0.3) is 0 Å². The molecule has 0 saturated heterocycles. The summed E-state index contributed by atoms with van der Waals surface area (Å²) in [5.41, 5.74) is 5.36. The van der Waals surface area contributed by atoms with Gasteiger partial charge in [0.2, 0.25) is 5.91 Å². The zero-order valence-corrected chi connectivity index (χ0v) is 9.92. The Morgan fingerprint density at radius 1 is 1.33 bits per heavy atom. The zero-order chi connectivity index (χ0) is 11.7. The monoisotopic (exact) mass is 213 g/mol. The van der Waals surface area contributed by atoms with Gasteiger partial charge in [-0.1, -0.05) is 39.7 Å². The maximum atomic E-state index is 10.6. The van der Waals surface area contributed by atoms with Crippen LogP contribution in [0, 0.1) is 5.92 Å². The molecule has 0 aromatic heterocycles. The molecule has 0 fully saturated rings. The van der Waals surface area contributed by atoms with Crippen molar-refractivity contribution in [2.24, 2.45) is 11.7 Å². The highest BCUT2D eigenvalue weighted by atomic mass is 16.5. The van der Waals surface area contributed by atoms with Gasteiger partial charge in [0, 0.05) is 12.2 Å². The topological polar surface area (TPSA) is 52.3 Å². The zero-order valence-electron chi connectivity index (χ0n) is 9.92. The van der Waals surface area contributed by atoms with Crippen molar-refractivity contribution in [3.63, 3.8) is 0 Å². The lowest BCUT2D eigenvalue weighted by Gasteiger charge is -2.05. The Morgan fingerprint density at radius 2 is 2.00 bits per heavy atom. The molecule has 1 amide bonds. The lowest BCUT2D eigenvalue weighted by atomic mass is 10.1. The maximum Gasteiger partial charge on any atom is 0.246 e. The predicted octanol–water partition coefficient (Wildman–Crippen LogP) is 2.26. The molecule has 3 heteroatoms. The third kappa shape index (κ3) is 9.47. The summed E-state index contributed by atoms with van der Waals surface area (Å²) in [6.45, 7) is 8.92. The molecule has 0 radical (unpaired) electrons. The average Bonchev–Trinajstić information content (AvgIpc) is 2.15. The number of ether oxygens (including phenoxy) is 1. The van der Waals surface area contributed by atoms with Crippen LogP contribution in [0.4, 0.5) is 0 Å². The highest BCUT2D eigenvalue weighted by Gasteiger charge is 2.00. The second kappa shape index (κ2) is 8.48. The maximum absolute atomic E-state index is 10.6. The van der Waals surface area contributed by atoms with Crippen LogP contribution in [0.5, 0.6) is 0 Å². The molecule has 0 spiro atoms. The van der Waals surface area contributed by atoms with Gasteiger partial charge in [-0.3, -0.25) is 4.79 Å². The smallest absolute Gasteiger partial charge is 0.246 e. The van der Waals surface area contributed by atoms with Gasteiger partial charge in [-0.2, -0.15) is 0 Å². The van der Waals surface area contributed by atoms with Crippen molar-refractivity contribution < 1.29 is 9.53 Å². The Balaban J connectivity index is 3.18. The van der Waals surface area contributed by atoms with Gasteiger partial charge in [-0.15, -0.1) is 0 Å². The van der Waals surface area contributed by atoms with Crippen LogP contribution in [-0.2, 0) is 9.53 Å². The molecule has 0 aliphatic carbocycles. The molecule has 2 N–H and O–H groups in total. The fraction of sp³-hybridized carbons (Fsp3) is 0.750. The SMILES string of the molecule is C=C(COCCCCCC(C)C)C(N)=O. The van der Waals surface area contributed by atoms with Crippen molar-refractivity contribution >= 4 is 5.91 Å². The summed E-state index contributed by atoms with van der Waals surface area (Å²) < 4.78 is 5.26. The molecule has 0 aromatic carbocycles. The molecule has 0 saturated carbocycles. The van der Waals surface area contributed by atoms with E-state index in [1.165, 1.54) is 19.3 Å². The lowest BCUT2D eigenvalue weighted by Crippen LogP contribution is -2.17. The van der Waals surface area contributed by atoms with Crippen LogP contribution in [0.2, 0.25) is 0 Å². The summed E-state index contributed by atoms with van der Waals surface area (Å²) in [4.78, 5) is 10.6. The number of hydrogen-bond acceptors (Lipinski definition) is 2. The van der Waals surface area contributed by atoms with Crippen LogP contribution in [0.15, 0.2) is 12.2 Å². The summed E-state index contributed by atoms with van der Waals surface area (Å²) in [6.07, 6.45) is 4.74. The number of nitrogens with two attached hydrogens (primary N) is 1. The first-order chi connectivity index (χ1) is 7.04. The quantitative estimate of drug-likeness (QED) is 0.472. The van der Waals surface area contributed by atoms with E-state index >= 15 is 0 Å². The first-order valence-corrected chi connectivity index (χ1v) is 5.59. The molecule has 0 aromatic rings. The van der Waals surface area contributed by atoms with E-state index in [1.807, 2.05) is 0 Å². The fourth-order valence-electron chi connectivity index (χ4n) is 1.20. The number of rotatable bonds is 9. The Bertz CT molecular complexity index is 200. The molecule has 3 nitrogen and oxygen atoms in total. The molecule has 0 atom stereocenters. The Labute approximate surface area is 92.7 Å². The van der Waals surface area contributed by atoms with Gasteiger partial charge in [0.25, 0.3) is 0 Å². The third-order valence-electron chi connectivity index (χ3n) is 2.19. The van der Waals surface area contributed by atoms with Gasteiger partial charge in [0.05, 0.1) is 6.61 Å². The van der Waals surface area contributed by atoms with Gasteiger partial charge >= 0.3 is 0 Å². The fourth-order valence-corrected chi connectivity index (χ4v) is 1.20. The molecule has 15 heavy (non-hydrogen) atoms. The first kappa shape index (κ1) is 14.2. The van der Waals surface area contributed by atoms with E-state index in [9.17, 15) is 4.79 Å². The van der Waals surface area contributed by atoms with Gasteiger partial charge < -0.3 is 10.5 Å². The van der Waals surface area contributed by atoms with Crippen LogP contribution in [0.3, 0.4) is 0 Å². The lowest BCUT2D eigenvalue weighted by molar-refractivity contribution is -0.115. The Hall–Kier alpha value is -0.830. The number of amides is 1. The van der Waals surface area contributed by atoms with Crippen LogP contribution in [0.1, 0.15) is 39.5 Å². The van der Waals surface area contributed by atoms with Crippen molar-refractivity contribution in [2.45, 2.75) is 39.5 Å². The van der Waals surface area contributed by atoms with Crippen molar-refractivity contribution in [1.29, 1.82) is 0 Å². The molecule has 0 rings (SSSR count). The molecule has 0 bridgehead atoms. The molecular weight excluding hydrogens is 190 g/mol. The van der Waals surface area contributed by atoms with E-state index in [-0.39, 0.29) is 6.61 Å². The van der Waals surface area contributed by atoms with E-state index in [1.54, 1.807) is 0 Å². The van der Waals surface area contributed by atoms with Crippen molar-refractivity contribution in [2.75, 3.05) is 13.2 Å². The van der Waals surface area contributed by atoms with Gasteiger partial charge in [0.1, 0.15) is 0 Å². The third-order valence-corrected chi connectivity index (χ3v) is 2.19. The van der Waals surface area contributed by atoms with Crippen molar-refractivity contribution in [3.05, 3.63) is 12.2 Å². The molecule has 0 aliphatic heterocycles. The largest absolute Gasteiger partial charge is 0.377 e. The van der Waals surface area contributed by atoms with E-state index < -0.39 is 5.91 Å². The van der Waals surface area contributed by atoms with Crippen LogP contribution in [-0.4, -0.2) is 19.1 Å². The number of hydrogen-bond donors (Lipinski definition) is 1. The number of unbranched alkanes of at least 4 members (excludes halogenated alkanes) is 2. The molecule has 0 unspecified atom stereocenters. The van der Waals surface area contributed by atoms with E-state index in [0.717, 1.165) is 12.3 Å². The second-order valence-corrected chi connectivity index (χ2v) is 4.26. The average molecular weight is 213 g/mol. The minimum Gasteiger partial charge on any atom is -0.377 e. The van der Waals surface area contributed by atoms with E-state index in [0.29, 0.717) is 12.2 Å². The van der Waals surface area contributed by atoms with Crippen molar-refractivity contribution in [3.8, 4) is 0 Å². The van der Waals surface area contributed by atoms with Gasteiger partial charge in [0.15, 0.2) is 0 Å². The van der Waals surface area contributed by atoms with E-state index in [4.69, 9.17) is 10.5 Å². The van der Waals surface area contributed by atoms with Gasteiger partial charge in [-0.05, 0) is 12.3 Å². The summed E-state index contributed by atoms with van der Waals surface area (Å²) >= 11 is 0. The Morgan fingerprint density at radius 3 is 2.53 bits per heavy atom. The van der Waals surface area contributed by atoms with Crippen LogP contribution >= 0.6 is 0 Å². The normalized spacial score (nSPS) is 10.6. The highest BCUT2D eigenvalue weighted by Crippen LogP contribution is 2.08. The second-order valence-electron chi connectivity index (χ2n) is 4.26. The van der Waals surface area contributed by atoms with Gasteiger partial charge in [-0.25, -0.2) is 0 Å². The highest BCUT2D eigenvalue weighted by molar-refractivity contribution is 5.91. The summed E-state index contributed by atoms with van der Waals surface area (Å²) in [7, 11) is 0. The van der Waals surface area contributed by atoms with Crippen molar-refractivity contribution in [1.82, 2.24) is 0 Å². The minimum atomic E-state index is -0.477. The number of carbonyl (C=O) groups is 1. The minimum absolute atomic E-state index is 0.263. The molecular formula is C12H23NO2. The standard InChI is InChI=1S/C12H23NO2/c1-10(2)7-5-4-6-8-15-9-11(3)12(13)14/h10H,3-9H2,1-2H3,(H2,13,14). The van der Waals surface area contributed by atoms with E-state index in [2.05, 4.69) is 20.4 Å². The summed E-state index contributed by atoms with van der Waals surface area (Å²) in [6, 6.07) is 0. The summed E-state index contributed by atoms with van der Waals surface area (Å²) in [5, 5.41) is 0.